The predicted molar refractivity (Wildman–Crippen MR) is 108 cm³/mol. The molecule has 0 unspecified atom stereocenters. The van der Waals surface area contributed by atoms with E-state index in [1.807, 2.05) is 6.92 Å². The van der Waals surface area contributed by atoms with Crippen LogP contribution in [0.5, 0.6) is 0 Å². The topological polar surface area (TPSA) is 93.1 Å². The fraction of sp³-hybridized carbons (Fsp3) is 0.333. The zero-order valence-corrected chi connectivity index (χ0v) is 16.5. The molecule has 0 saturated carbocycles. The second kappa shape index (κ2) is 10.1. The van der Waals surface area contributed by atoms with Gasteiger partial charge in [-0.2, -0.15) is 0 Å². The molecule has 1 heterocycles. The van der Waals surface area contributed by atoms with Crippen molar-refractivity contribution in [1.29, 1.82) is 0 Å². The van der Waals surface area contributed by atoms with Gasteiger partial charge in [0.2, 0.25) is 5.91 Å². The summed E-state index contributed by atoms with van der Waals surface area (Å²) in [6.07, 6.45) is 3.37. The monoisotopic (exact) mass is 408 g/mol. The number of allylic oxidation sites excluding steroid dienone is 1. The SMILES string of the molecule is C=CCn1c(SCC(=O)NC(=O)NCCCC)nc2cc(Cl)ccc2c1=O. The lowest BCUT2D eigenvalue weighted by atomic mass is 10.2. The molecule has 9 heteroatoms. The number of benzene rings is 1. The highest BCUT2D eigenvalue weighted by Gasteiger charge is 2.14. The van der Waals surface area contributed by atoms with Crippen LogP contribution in [0.15, 0.2) is 40.8 Å². The summed E-state index contributed by atoms with van der Waals surface area (Å²) in [6.45, 7) is 6.42. The van der Waals surface area contributed by atoms with Crippen molar-refractivity contribution in [3.05, 3.63) is 46.2 Å². The number of rotatable bonds is 8. The first-order valence-corrected chi connectivity index (χ1v) is 9.84. The van der Waals surface area contributed by atoms with Crippen LogP contribution in [0.3, 0.4) is 0 Å². The molecule has 27 heavy (non-hydrogen) atoms. The Morgan fingerprint density at radius 2 is 2.19 bits per heavy atom. The van der Waals surface area contributed by atoms with Crippen LogP contribution in [-0.2, 0) is 11.3 Å². The number of thioether (sulfide) groups is 1. The minimum atomic E-state index is -0.532. The van der Waals surface area contributed by atoms with Gasteiger partial charge >= 0.3 is 6.03 Å². The van der Waals surface area contributed by atoms with Gasteiger partial charge < -0.3 is 5.32 Å². The number of nitrogens with zero attached hydrogens (tertiary/aromatic N) is 2. The van der Waals surface area contributed by atoms with Crippen molar-refractivity contribution in [3.8, 4) is 0 Å². The Bertz CT molecular complexity index is 913. The van der Waals surface area contributed by atoms with Gasteiger partial charge in [-0.3, -0.25) is 19.5 Å². The standard InChI is InChI=1S/C18H21ClN4O3S/c1-3-5-8-20-17(26)22-15(24)11-27-18-21-14-10-12(19)6-7-13(14)16(25)23(18)9-4-2/h4,6-7,10H,2-3,5,8-9,11H2,1H3,(H2,20,22,24,26). The molecule has 2 N–H and O–H groups in total. The molecule has 0 aliphatic carbocycles. The molecule has 1 aromatic carbocycles. The Labute approximate surface area is 166 Å². The van der Waals surface area contributed by atoms with Crippen LogP contribution in [0.25, 0.3) is 10.9 Å². The van der Waals surface area contributed by atoms with Crippen LogP contribution in [0.4, 0.5) is 4.79 Å². The van der Waals surface area contributed by atoms with E-state index in [1.54, 1.807) is 24.3 Å². The number of nitrogens with one attached hydrogen (secondary N) is 2. The number of carbonyl (C=O) groups is 2. The molecule has 0 aliphatic rings. The molecule has 1 aromatic heterocycles. The molecule has 2 rings (SSSR count). The third kappa shape index (κ3) is 5.83. The summed E-state index contributed by atoms with van der Waals surface area (Å²) in [5.41, 5.74) is 0.213. The van der Waals surface area contributed by atoms with Gasteiger partial charge in [0.05, 0.1) is 16.7 Å². The number of amides is 3. The fourth-order valence-corrected chi connectivity index (χ4v) is 3.26. The lowest BCUT2D eigenvalue weighted by Gasteiger charge is -2.11. The van der Waals surface area contributed by atoms with E-state index in [0.29, 0.717) is 27.6 Å². The minimum absolute atomic E-state index is 0.0587. The molecular formula is C18H21ClN4O3S. The van der Waals surface area contributed by atoms with Crippen molar-refractivity contribution < 1.29 is 9.59 Å². The normalized spacial score (nSPS) is 10.6. The average molecular weight is 409 g/mol. The molecule has 0 atom stereocenters. The smallest absolute Gasteiger partial charge is 0.321 e. The summed E-state index contributed by atoms with van der Waals surface area (Å²) in [6, 6.07) is 4.31. The Kier molecular flexibility index (Phi) is 7.87. The number of aromatic nitrogens is 2. The molecule has 0 fully saturated rings. The minimum Gasteiger partial charge on any atom is -0.338 e. The highest BCUT2D eigenvalue weighted by Crippen LogP contribution is 2.20. The Balaban J connectivity index is 2.14. The lowest BCUT2D eigenvalue weighted by molar-refractivity contribution is -0.117. The summed E-state index contributed by atoms with van der Waals surface area (Å²) >= 11 is 7.05. The van der Waals surface area contributed by atoms with Crippen LogP contribution in [0.2, 0.25) is 5.02 Å². The van der Waals surface area contributed by atoms with E-state index in [-0.39, 0.29) is 17.9 Å². The molecule has 3 amide bonds. The van der Waals surface area contributed by atoms with E-state index >= 15 is 0 Å². The van der Waals surface area contributed by atoms with Gasteiger partial charge in [-0.05, 0) is 24.6 Å². The van der Waals surface area contributed by atoms with E-state index in [2.05, 4.69) is 22.2 Å². The number of hydrogen-bond donors (Lipinski definition) is 2. The molecule has 0 aliphatic heterocycles. The molecule has 0 bridgehead atoms. The summed E-state index contributed by atoms with van der Waals surface area (Å²) in [5, 5.41) is 6.12. The average Bonchev–Trinajstić information content (AvgIpc) is 2.62. The third-order valence-corrected chi connectivity index (χ3v) is 4.81. The summed E-state index contributed by atoms with van der Waals surface area (Å²) in [7, 11) is 0. The lowest BCUT2D eigenvalue weighted by Crippen LogP contribution is -2.40. The van der Waals surface area contributed by atoms with Gasteiger partial charge in [0.15, 0.2) is 5.16 Å². The highest BCUT2D eigenvalue weighted by atomic mass is 35.5. The van der Waals surface area contributed by atoms with Crippen LogP contribution in [-0.4, -0.2) is 33.8 Å². The number of unbranched alkanes of at least 4 members (excludes halogenated alkanes) is 1. The molecular weight excluding hydrogens is 388 g/mol. The molecule has 0 saturated heterocycles. The van der Waals surface area contributed by atoms with E-state index in [9.17, 15) is 14.4 Å². The van der Waals surface area contributed by atoms with Crippen molar-refractivity contribution >= 4 is 46.2 Å². The van der Waals surface area contributed by atoms with Crippen LogP contribution >= 0.6 is 23.4 Å². The zero-order valence-electron chi connectivity index (χ0n) is 15.0. The zero-order chi connectivity index (χ0) is 19.8. The van der Waals surface area contributed by atoms with E-state index < -0.39 is 11.9 Å². The number of halogens is 1. The number of fused-ring (bicyclic) bond motifs is 1. The van der Waals surface area contributed by atoms with Crippen LogP contribution in [0.1, 0.15) is 19.8 Å². The van der Waals surface area contributed by atoms with Gasteiger partial charge in [-0.25, -0.2) is 9.78 Å². The predicted octanol–water partition coefficient (Wildman–Crippen LogP) is 2.95. The maximum Gasteiger partial charge on any atom is 0.321 e. The van der Waals surface area contributed by atoms with Gasteiger partial charge in [0.25, 0.3) is 5.56 Å². The van der Waals surface area contributed by atoms with Crippen molar-refractivity contribution in [1.82, 2.24) is 20.2 Å². The van der Waals surface area contributed by atoms with Crippen molar-refractivity contribution in [2.45, 2.75) is 31.5 Å². The van der Waals surface area contributed by atoms with E-state index in [1.165, 1.54) is 4.57 Å². The number of carbonyl (C=O) groups excluding carboxylic acids is 2. The first-order valence-electron chi connectivity index (χ1n) is 8.47. The largest absolute Gasteiger partial charge is 0.338 e. The molecule has 2 aromatic rings. The third-order valence-electron chi connectivity index (χ3n) is 3.60. The van der Waals surface area contributed by atoms with Crippen LogP contribution in [0, 0.1) is 0 Å². The van der Waals surface area contributed by atoms with Gasteiger partial charge in [-0.1, -0.05) is 42.8 Å². The first kappa shape index (κ1) is 21.0. The molecule has 0 spiro atoms. The number of imide groups is 1. The Morgan fingerprint density at radius 1 is 1.41 bits per heavy atom. The number of hydrogen-bond acceptors (Lipinski definition) is 5. The maximum atomic E-state index is 12.7. The van der Waals surface area contributed by atoms with E-state index in [0.717, 1.165) is 24.6 Å². The van der Waals surface area contributed by atoms with Crippen molar-refractivity contribution in [3.63, 3.8) is 0 Å². The molecule has 144 valence electrons. The Hall–Kier alpha value is -2.32. The second-order valence-corrected chi connectivity index (χ2v) is 7.09. The van der Waals surface area contributed by atoms with Crippen molar-refractivity contribution in [2.75, 3.05) is 12.3 Å². The van der Waals surface area contributed by atoms with Gasteiger partial charge in [0, 0.05) is 18.1 Å². The highest BCUT2D eigenvalue weighted by molar-refractivity contribution is 7.99. The number of urea groups is 1. The van der Waals surface area contributed by atoms with Gasteiger partial charge in [-0.15, -0.1) is 6.58 Å². The second-order valence-electron chi connectivity index (χ2n) is 5.71. The fourth-order valence-electron chi connectivity index (χ4n) is 2.29. The summed E-state index contributed by atoms with van der Waals surface area (Å²) < 4.78 is 1.43. The Morgan fingerprint density at radius 3 is 2.89 bits per heavy atom. The summed E-state index contributed by atoms with van der Waals surface area (Å²) in [4.78, 5) is 40.7. The first-order chi connectivity index (χ1) is 13.0. The molecule has 7 nitrogen and oxygen atoms in total. The maximum absolute atomic E-state index is 12.7. The van der Waals surface area contributed by atoms with Crippen LogP contribution < -0.4 is 16.2 Å². The van der Waals surface area contributed by atoms with Crippen molar-refractivity contribution in [2.24, 2.45) is 0 Å². The molecule has 0 radical (unpaired) electrons. The quantitative estimate of drug-likeness (QED) is 0.303. The van der Waals surface area contributed by atoms with E-state index in [4.69, 9.17) is 11.6 Å². The van der Waals surface area contributed by atoms with Gasteiger partial charge in [0.1, 0.15) is 0 Å². The summed E-state index contributed by atoms with van der Waals surface area (Å²) in [5.74, 6) is -0.531.